The second kappa shape index (κ2) is 6.46. The number of H-pyrrole nitrogens is 1. The third-order valence-electron chi connectivity index (χ3n) is 4.09. The molecule has 0 spiro atoms. The summed E-state index contributed by atoms with van der Waals surface area (Å²) >= 11 is 3.15. The van der Waals surface area contributed by atoms with Crippen LogP contribution in [0.3, 0.4) is 0 Å². The average Bonchev–Trinajstić information content (AvgIpc) is 3.25. The third-order valence-corrected chi connectivity index (χ3v) is 5.87. The summed E-state index contributed by atoms with van der Waals surface area (Å²) in [6, 6.07) is 12.1. The number of nitrogens with one attached hydrogen (secondary N) is 2. The largest absolute Gasteiger partial charge is 0.375 e. The number of nitrogens with zero attached hydrogens (tertiary/aromatic N) is 1. The molecule has 0 bridgehead atoms. The molecule has 0 saturated carbocycles. The number of fused-ring (bicyclic) bond motifs is 1. The van der Waals surface area contributed by atoms with Gasteiger partial charge in [0.25, 0.3) is 5.56 Å². The first-order valence-corrected chi connectivity index (χ1v) is 9.76. The van der Waals surface area contributed by atoms with Gasteiger partial charge in [0.1, 0.15) is 10.7 Å². The first-order chi connectivity index (χ1) is 12.1. The molecule has 3 heterocycles. The van der Waals surface area contributed by atoms with E-state index in [4.69, 9.17) is 0 Å². The summed E-state index contributed by atoms with van der Waals surface area (Å²) in [6.45, 7) is 4.06. The summed E-state index contributed by atoms with van der Waals surface area (Å²) in [5, 5.41) is 8.10. The highest BCUT2D eigenvalue weighted by molar-refractivity contribution is 7.18. The molecule has 0 amide bonds. The Balaban J connectivity index is 1.69. The maximum absolute atomic E-state index is 12.7. The van der Waals surface area contributed by atoms with Crippen molar-refractivity contribution in [2.75, 3.05) is 5.32 Å². The predicted octanol–water partition coefficient (Wildman–Crippen LogP) is 5.19. The molecule has 0 aliphatic heterocycles. The third kappa shape index (κ3) is 3.10. The van der Waals surface area contributed by atoms with E-state index >= 15 is 0 Å². The molecule has 0 saturated heterocycles. The van der Waals surface area contributed by atoms with E-state index in [-0.39, 0.29) is 11.6 Å². The number of aryl methyl sites for hydroxylation is 1. The quantitative estimate of drug-likeness (QED) is 0.521. The van der Waals surface area contributed by atoms with E-state index < -0.39 is 0 Å². The SMILES string of the molecule is Cc1ccc(N[C@@H](C)c2nc3scc(-c4cccs4)c3c(=O)[nH]2)cc1. The minimum absolute atomic E-state index is 0.0813. The van der Waals surface area contributed by atoms with Gasteiger partial charge < -0.3 is 10.3 Å². The molecular weight excluding hydrogens is 350 g/mol. The Labute approximate surface area is 153 Å². The van der Waals surface area contributed by atoms with Crippen molar-refractivity contribution in [1.82, 2.24) is 9.97 Å². The van der Waals surface area contributed by atoms with Gasteiger partial charge in [-0.1, -0.05) is 23.8 Å². The van der Waals surface area contributed by atoms with Crippen LogP contribution in [0.15, 0.2) is 52.0 Å². The zero-order chi connectivity index (χ0) is 17.4. The van der Waals surface area contributed by atoms with E-state index in [0.717, 1.165) is 21.0 Å². The zero-order valence-electron chi connectivity index (χ0n) is 13.9. The average molecular weight is 367 g/mol. The van der Waals surface area contributed by atoms with E-state index in [1.54, 1.807) is 11.3 Å². The molecule has 126 valence electrons. The highest BCUT2D eigenvalue weighted by atomic mass is 32.1. The molecule has 0 unspecified atom stereocenters. The van der Waals surface area contributed by atoms with Crippen LogP contribution in [0.1, 0.15) is 24.4 Å². The fourth-order valence-corrected chi connectivity index (χ4v) is 4.52. The molecule has 0 aliphatic carbocycles. The van der Waals surface area contributed by atoms with Crippen LogP contribution >= 0.6 is 22.7 Å². The number of thiophene rings is 2. The van der Waals surface area contributed by atoms with Crippen LogP contribution in [0, 0.1) is 6.92 Å². The Bertz CT molecular complexity index is 1060. The molecule has 1 atom stereocenters. The summed E-state index contributed by atoms with van der Waals surface area (Å²) in [4.78, 5) is 22.2. The van der Waals surface area contributed by atoms with Gasteiger partial charge in [0, 0.05) is 21.5 Å². The maximum Gasteiger partial charge on any atom is 0.260 e. The van der Waals surface area contributed by atoms with Crippen molar-refractivity contribution in [3.05, 3.63) is 68.9 Å². The second-order valence-electron chi connectivity index (χ2n) is 5.99. The van der Waals surface area contributed by atoms with E-state index in [9.17, 15) is 4.79 Å². The molecule has 1 aromatic carbocycles. The molecule has 0 fully saturated rings. The Morgan fingerprint density at radius 3 is 2.68 bits per heavy atom. The first kappa shape index (κ1) is 16.1. The van der Waals surface area contributed by atoms with E-state index in [1.807, 2.05) is 41.9 Å². The number of benzene rings is 1. The van der Waals surface area contributed by atoms with Crippen LogP contribution in [0.4, 0.5) is 5.69 Å². The maximum atomic E-state index is 12.7. The second-order valence-corrected chi connectivity index (χ2v) is 7.80. The Morgan fingerprint density at radius 1 is 1.16 bits per heavy atom. The van der Waals surface area contributed by atoms with Gasteiger partial charge in [0.15, 0.2) is 0 Å². The molecule has 6 heteroatoms. The Kier molecular flexibility index (Phi) is 4.15. The summed E-state index contributed by atoms with van der Waals surface area (Å²) in [6.07, 6.45) is 0. The van der Waals surface area contributed by atoms with Gasteiger partial charge in [0.05, 0.1) is 11.4 Å². The molecule has 25 heavy (non-hydrogen) atoms. The normalized spacial score (nSPS) is 12.4. The molecule has 4 aromatic rings. The van der Waals surface area contributed by atoms with Crippen LogP contribution in [-0.2, 0) is 0 Å². The van der Waals surface area contributed by atoms with Crippen molar-refractivity contribution in [1.29, 1.82) is 0 Å². The summed E-state index contributed by atoms with van der Waals surface area (Å²) in [5.74, 6) is 0.651. The number of aromatic amines is 1. The lowest BCUT2D eigenvalue weighted by molar-refractivity contribution is 0.793. The van der Waals surface area contributed by atoms with Gasteiger partial charge in [-0.15, -0.1) is 22.7 Å². The van der Waals surface area contributed by atoms with Crippen molar-refractivity contribution in [3.63, 3.8) is 0 Å². The zero-order valence-corrected chi connectivity index (χ0v) is 15.5. The van der Waals surface area contributed by atoms with E-state index in [2.05, 4.69) is 34.3 Å². The van der Waals surface area contributed by atoms with Gasteiger partial charge in [0.2, 0.25) is 0 Å². The smallest absolute Gasteiger partial charge is 0.260 e. The molecule has 4 nitrogen and oxygen atoms in total. The van der Waals surface area contributed by atoms with Crippen LogP contribution in [0.25, 0.3) is 20.7 Å². The van der Waals surface area contributed by atoms with Crippen LogP contribution in [0.2, 0.25) is 0 Å². The van der Waals surface area contributed by atoms with Gasteiger partial charge in [-0.25, -0.2) is 4.98 Å². The van der Waals surface area contributed by atoms with Crippen LogP contribution < -0.4 is 10.9 Å². The minimum Gasteiger partial charge on any atom is -0.375 e. The number of aromatic nitrogens is 2. The van der Waals surface area contributed by atoms with Crippen molar-refractivity contribution in [3.8, 4) is 10.4 Å². The first-order valence-electron chi connectivity index (χ1n) is 8.00. The van der Waals surface area contributed by atoms with Gasteiger partial charge in [-0.05, 0) is 37.4 Å². The number of anilines is 1. The lowest BCUT2D eigenvalue weighted by Gasteiger charge is -2.14. The Morgan fingerprint density at radius 2 is 1.96 bits per heavy atom. The number of hydrogen-bond donors (Lipinski definition) is 2. The topological polar surface area (TPSA) is 57.8 Å². The van der Waals surface area contributed by atoms with Crippen LogP contribution in [-0.4, -0.2) is 9.97 Å². The van der Waals surface area contributed by atoms with Crippen LogP contribution in [0.5, 0.6) is 0 Å². The van der Waals surface area contributed by atoms with Gasteiger partial charge in [-0.3, -0.25) is 4.79 Å². The summed E-state index contributed by atoms with van der Waals surface area (Å²) < 4.78 is 0. The summed E-state index contributed by atoms with van der Waals surface area (Å²) in [7, 11) is 0. The molecule has 3 aromatic heterocycles. The van der Waals surface area contributed by atoms with Crippen molar-refractivity contribution in [2.24, 2.45) is 0 Å². The standard InChI is InChI=1S/C19H17N3OS2/c1-11-5-7-13(8-6-11)20-12(2)17-21-18(23)16-14(10-25-19(16)22-17)15-4-3-9-24-15/h3-10,12,20H,1-2H3,(H,21,22,23)/t12-/m0/s1. The highest BCUT2D eigenvalue weighted by Gasteiger charge is 2.16. The molecule has 4 rings (SSSR count). The lowest BCUT2D eigenvalue weighted by Crippen LogP contribution is -2.17. The molecule has 0 aliphatic rings. The fraction of sp³-hybridized carbons (Fsp3) is 0.158. The van der Waals surface area contributed by atoms with E-state index in [0.29, 0.717) is 11.2 Å². The molecular formula is C19H17N3OS2. The lowest BCUT2D eigenvalue weighted by atomic mass is 10.2. The van der Waals surface area contributed by atoms with E-state index in [1.165, 1.54) is 16.9 Å². The Hall–Kier alpha value is -2.44. The predicted molar refractivity (Wildman–Crippen MR) is 107 cm³/mol. The van der Waals surface area contributed by atoms with Crippen molar-refractivity contribution < 1.29 is 0 Å². The monoisotopic (exact) mass is 367 g/mol. The highest BCUT2D eigenvalue weighted by Crippen LogP contribution is 2.33. The van der Waals surface area contributed by atoms with Crippen molar-refractivity contribution in [2.45, 2.75) is 19.9 Å². The summed E-state index contributed by atoms with van der Waals surface area (Å²) in [5.41, 5.74) is 3.11. The minimum atomic E-state index is -0.0907. The number of hydrogen-bond acceptors (Lipinski definition) is 5. The van der Waals surface area contributed by atoms with Gasteiger partial charge >= 0.3 is 0 Å². The van der Waals surface area contributed by atoms with Gasteiger partial charge in [-0.2, -0.15) is 0 Å². The number of rotatable bonds is 4. The fourth-order valence-electron chi connectivity index (χ4n) is 2.75. The molecule has 0 radical (unpaired) electrons. The van der Waals surface area contributed by atoms with Crippen molar-refractivity contribution >= 4 is 38.6 Å². The molecule has 2 N–H and O–H groups in total.